The Morgan fingerprint density at radius 2 is 1.80 bits per heavy atom. The number of carbonyl (C=O) groups is 1. The molecular formula is C38H50N2O8S. The molecule has 1 amide bonds. The van der Waals surface area contributed by atoms with E-state index in [-0.39, 0.29) is 43.5 Å². The van der Waals surface area contributed by atoms with Gasteiger partial charge in [-0.25, -0.2) is 4.79 Å². The van der Waals surface area contributed by atoms with Gasteiger partial charge in [-0.15, -0.1) is 18.3 Å². The highest BCUT2D eigenvalue weighted by Gasteiger charge is 2.65. The van der Waals surface area contributed by atoms with E-state index < -0.39 is 17.9 Å². The van der Waals surface area contributed by atoms with Crippen LogP contribution in [0.3, 0.4) is 0 Å². The minimum absolute atomic E-state index is 0.118. The number of hydrogen-bond acceptors (Lipinski definition) is 10. The third kappa shape index (κ3) is 7.65. The van der Waals surface area contributed by atoms with Crippen LogP contribution in [0.2, 0.25) is 0 Å². The molecule has 0 spiro atoms. The van der Waals surface area contributed by atoms with Gasteiger partial charge in [0.15, 0.2) is 0 Å². The van der Waals surface area contributed by atoms with Crippen LogP contribution < -0.4 is 9.47 Å². The molecule has 11 heteroatoms. The molecule has 2 N–H and O–H groups in total. The average molecular weight is 695 g/mol. The van der Waals surface area contributed by atoms with Crippen LogP contribution in [-0.4, -0.2) is 86.1 Å². The van der Waals surface area contributed by atoms with E-state index in [4.69, 9.17) is 23.8 Å². The number of amides is 1. The number of benzene rings is 2. The Morgan fingerprint density at radius 3 is 2.45 bits per heavy atom. The van der Waals surface area contributed by atoms with E-state index in [2.05, 4.69) is 23.9 Å². The van der Waals surface area contributed by atoms with Crippen molar-refractivity contribution in [3.63, 3.8) is 0 Å². The van der Waals surface area contributed by atoms with E-state index in [0.29, 0.717) is 30.8 Å². The van der Waals surface area contributed by atoms with Crippen molar-refractivity contribution in [2.45, 2.75) is 67.6 Å². The van der Waals surface area contributed by atoms with Crippen LogP contribution in [0.5, 0.6) is 17.2 Å². The molecule has 1 aliphatic heterocycles. The van der Waals surface area contributed by atoms with Crippen molar-refractivity contribution in [1.82, 2.24) is 4.90 Å². The lowest BCUT2D eigenvalue weighted by atomic mass is 9.55. The second-order valence-electron chi connectivity index (χ2n) is 12.8. The molecule has 266 valence electrons. The summed E-state index contributed by atoms with van der Waals surface area (Å²) in [5.74, 6) is 0.512. The van der Waals surface area contributed by atoms with Gasteiger partial charge in [-0.05, 0) is 91.8 Å². The zero-order valence-corrected chi connectivity index (χ0v) is 29.8. The van der Waals surface area contributed by atoms with Gasteiger partial charge in [-0.2, -0.15) is 0 Å². The zero-order valence-electron chi connectivity index (χ0n) is 29.0. The number of thioether (sulfide) groups is 1. The Bertz CT molecular complexity index is 1500. The van der Waals surface area contributed by atoms with E-state index in [1.807, 2.05) is 42.7 Å². The van der Waals surface area contributed by atoms with Crippen molar-refractivity contribution in [2.75, 3.05) is 47.3 Å². The summed E-state index contributed by atoms with van der Waals surface area (Å²) < 4.78 is 25.5. The van der Waals surface area contributed by atoms with E-state index >= 15 is 0 Å². The second kappa shape index (κ2) is 16.9. The molecule has 6 atom stereocenters. The summed E-state index contributed by atoms with van der Waals surface area (Å²) in [5.41, 5.74) is 2.69. The number of oxime groups is 1. The first-order valence-electron chi connectivity index (χ1n) is 17.1. The standard InChI is InChI=1S/C38H50N2O8S/c1-6-21-46-38-34(40(2)37(43)44-3)24-32(39-45-4)30-22-25(11-7-9-19-41)29(12-8-10-20-42)35(36(30)38)31-23-27(15-18-33(31)48-38)47-26-13-16-28(49-5)17-14-26/h6,13-18,22-23,25,29,34-36,41-42H,1,7-12,19-21,24H2,2-5H3. The first-order valence-corrected chi connectivity index (χ1v) is 18.3. The van der Waals surface area contributed by atoms with Crippen LogP contribution in [0.15, 0.2) is 76.8 Å². The summed E-state index contributed by atoms with van der Waals surface area (Å²) in [6.45, 7) is 4.38. The Hall–Kier alpha value is -3.51. The number of fused-ring (bicyclic) bond motifs is 2. The van der Waals surface area contributed by atoms with Crippen LogP contribution in [-0.2, 0) is 14.3 Å². The fourth-order valence-corrected chi connectivity index (χ4v) is 8.36. The first-order chi connectivity index (χ1) is 23.8. The zero-order chi connectivity index (χ0) is 35.0. The summed E-state index contributed by atoms with van der Waals surface area (Å²) >= 11 is 1.68. The molecule has 1 saturated carbocycles. The van der Waals surface area contributed by atoms with E-state index in [9.17, 15) is 15.0 Å². The summed E-state index contributed by atoms with van der Waals surface area (Å²) in [6, 6.07) is 13.3. The van der Waals surface area contributed by atoms with Gasteiger partial charge in [-0.1, -0.05) is 30.1 Å². The number of unbranched alkanes of at least 4 members (excludes halogenated alkanes) is 2. The maximum atomic E-state index is 13.2. The normalized spacial score (nSPS) is 26.1. The van der Waals surface area contributed by atoms with Crippen LogP contribution in [0.4, 0.5) is 4.79 Å². The molecule has 2 aliphatic carbocycles. The average Bonchev–Trinajstić information content (AvgIpc) is 3.12. The van der Waals surface area contributed by atoms with E-state index in [0.717, 1.165) is 53.2 Å². The maximum Gasteiger partial charge on any atom is 0.409 e. The number of methoxy groups -OCH3 is 1. The molecule has 49 heavy (non-hydrogen) atoms. The highest BCUT2D eigenvalue weighted by molar-refractivity contribution is 7.98. The van der Waals surface area contributed by atoms with E-state index in [1.54, 1.807) is 24.9 Å². The van der Waals surface area contributed by atoms with Crippen molar-refractivity contribution in [1.29, 1.82) is 0 Å². The molecule has 2 aromatic rings. The molecule has 5 rings (SSSR count). The lowest BCUT2D eigenvalue weighted by Crippen LogP contribution is -2.69. The Balaban J connectivity index is 1.73. The fourth-order valence-electron chi connectivity index (χ4n) is 7.95. The molecule has 0 saturated heterocycles. The Labute approximate surface area is 294 Å². The minimum Gasteiger partial charge on any atom is -0.459 e. The monoisotopic (exact) mass is 694 g/mol. The van der Waals surface area contributed by atoms with Crippen LogP contribution >= 0.6 is 11.8 Å². The van der Waals surface area contributed by atoms with Gasteiger partial charge in [0, 0.05) is 43.1 Å². The number of carbonyl (C=O) groups excluding carboxylic acids is 1. The number of allylic oxidation sites excluding steroid dienone is 1. The van der Waals surface area contributed by atoms with Crippen molar-refractivity contribution in [2.24, 2.45) is 22.9 Å². The van der Waals surface area contributed by atoms with Gasteiger partial charge < -0.3 is 38.9 Å². The van der Waals surface area contributed by atoms with Crippen molar-refractivity contribution in [3.05, 3.63) is 72.3 Å². The summed E-state index contributed by atoms with van der Waals surface area (Å²) in [5, 5.41) is 24.0. The van der Waals surface area contributed by atoms with Gasteiger partial charge in [0.2, 0.25) is 5.79 Å². The van der Waals surface area contributed by atoms with Crippen LogP contribution in [0.25, 0.3) is 0 Å². The summed E-state index contributed by atoms with van der Waals surface area (Å²) in [4.78, 5) is 21.3. The first kappa shape index (κ1) is 36.8. The van der Waals surface area contributed by atoms with Crippen molar-refractivity contribution < 1.29 is 38.8 Å². The highest BCUT2D eigenvalue weighted by atomic mass is 32.2. The van der Waals surface area contributed by atoms with Crippen LogP contribution in [0, 0.1) is 17.8 Å². The predicted molar refractivity (Wildman–Crippen MR) is 190 cm³/mol. The molecule has 1 heterocycles. The smallest absolute Gasteiger partial charge is 0.409 e. The van der Waals surface area contributed by atoms with Crippen molar-refractivity contribution >= 4 is 23.6 Å². The molecule has 0 bridgehead atoms. The fraction of sp³-hybridized carbons (Fsp3) is 0.526. The second-order valence-corrected chi connectivity index (χ2v) is 13.7. The molecule has 6 unspecified atom stereocenters. The lowest BCUT2D eigenvalue weighted by molar-refractivity contribution is -0.253. The number of likely N-dealkylation sites (N-methyl/N-ethyl adjacent to an activating group) is 1. The molecule has 3 aliphatic rings. The Morgan fingerprint density at radius 1 is 1.08 bits per heavy atom. The molecule has 10 nitrogen and oxygen atoms in total. The number of rotatable bonds is 16. The molecule has 0 radical (unpaired) electrons. The number of aliphatic hydroxyl groups is 2. The van der Waals surface area contributed by atoms with Crippen molar-refractivity contribution in [3.8, 4) is 17.2 Å². The topological polar surface area (TPSA) is 119 Å². The largest absolute Gasteiger partial charge is 0.459 e. The lowest BCUT2D eigenvalue weighted by Gasteiger charge is -2.59. The summed E-state index contributed by atoms with van der Waals surface area (Å²) in [6.07, 6.45) is 10.7. The van der Waals surface area contributed by atoms with Gasteiger partial charge in [0.25, 0.3) is 0 Å². The van der Waals surface area contributed by atoms with E-state index in [1.165, 1.54) is 19.1 Å². The Kier molecular flexibility index (Phi) is 12.7. The van der Waals surface area contributed by atoms with Gasteiger partial charge in [0.05, 0.1) is 25.3 Å². The third-order valence-corrected chi connectivity index (χ3v) is 10.8. The molecule has 1 fully saturated rings. The molecular weight excluding hydrogens is 644 g/mol. The van der Waals surface area contributed by atoms with Crippen LogP contribution in [0.1, 0.15) is 56.4 Å². The summed E-state index contributed by atoms with van der Waals surface area (Å²) in [7, 11) is 4.58. The molecule has 2 aromatic carbocycles. The minimum atomic E-state index is -1.31. The van der Waals surface area contributed by atoms with Gasteiger partial charge >= 0.3 is 6.09 Å². The third-order valence-electron chi connectivity index (χ3n) is 10.1. The van der Waals surface area contributed by atoms with Gasteiger partial charge in [-0.3, -0.25) is 0 Å². The number of nitrogens with zero attached hydrogens (tertiary/aromatic N) is 2. The number of aliphatic hydroxyl groups excluding tert-OH is 2. The number of hydrogen-bond donors (Lipinski definition) is 2. The quantitative estimate of drug-likeness (QED) is 0.0817. The predicted octanol–water partition coefficient (Wildman–Crippen LogP) is 7.16. The maximum absolute atomic E-state index is 13.2. The van der Waals surface area contributed by atoms with Gasteiger partial charge in [0.1, 0.15) is 30.4 Å². The number of ether oxygens (including phenoxy) is 4. The highest BCUT2D eigenvalue weighted by Crippen LogP contribution is 2.61. The SMILES string of the molecule is C=CCOC12Oc3ccc(Oc4ccc(SC)cc4)cc3C3C(CCCCO)C(CCCCO)C=C(C(=NOC)CC1N(C)C(=O)OC)C32. The molecule has 0 aromatic heterocycles.